The van der Waals surface area contributed by atoms with Gasteiger partial charge in [0.15, 0.2) is 0 Å². The van der Waals surface area contributed by atoms with E-state index in [9.17, 15) is 9.59 Å². The van der Waals surface area contributed by atoms with Crippen LogP contribution in [-0.2, 0) is 11.3 Å². The number of nitrogens with one attached hydrogen (secondary N) is 2. The van der Waals surface area contributed by atoms with E-state index in [2.05, 4.69) is 20.6 Å². The highest BCUT2D eigenvalue weighted by atomic mass is 32.1. The maximum Gasteiger partial charge on any atom is 0.323 e. The number of carbonyl (C=O) groups excluding carboxylic acids is 2. The number of carbonyl (C=O) groups is 2. The second kappa shape index (κ2) is 10.2. The van der Waals surface area contributed by atoms with Crippen LogP contribution < -0.4 is 15.5 Å². The minimum absolute atomic E-state index is 0.144. The molecule has 0 bridgehead atoms. The topological polar surface area (TPSA) is 87.2 Å². The van der Waals surface area contributed by atoms with Crippen LogP contribution in [0, 0.1) is 0 Å². The van der Waals surface area contributed by atoms with Crippen LogP contribution in [0.25, 0.3) is 0 Å². The van der Waals surface area contributed by atoms with E-state index in [4.69, 9.17) is 0 Å². The SMILES string of the molecule is O=C(NC1CCCC1)C(c1ccncc1)N(C(=O)NCc1cccs1)c1ccncc1. The van der Waals surface area contributed by atoms with Crippen molar-refractivity contribution in [2.24, 2.45) is 0 Å². The lowest BCUT2D eigenvalue weighted by Crippen LogP contribution is -2.49. The highest BCUT2D eigenvalue weighted by Gasteiger charge is 2.34. The Hall–Kier alpha value is -3.26. The van der Waals surface area contributed by atoms with Crippen LogP contribution in [-0.4, -0.2) is 27.9 Å². The molecule has 7 nitrogen and oxygen atoms in total. The molecule has 3 amide bonds. The molecule has 160 valence electrons. The summed E-state index contributed by atoms with van der Waals surface area (Å²) in [6, 6.07) is 9.92. The van der Waals surface area contributed by atoms with E-state index in [1.165, 1.54) is 4.90 Å². The summed E-state index contributed by atoms with van der Waals surface area (Å²) in [6.45, 7) is 0.394. The van der Waals surface area contributed by atoms with Crippen molar-refractivity contribution in [2.75, 3.05) is 4.90 Å². The molecule has 3 heterocycles. The molecule has 4 rings (SSSR count). The van der Waals surface area contributed by atoms with Gasteiger partial charge in [-0.25, -0.2) is 4.79 Å². The molecule has 1 aliphatic carbocycles. The molecule has 1 fully saturated rings. The van der Waals surface area contributed by atoms with E-state index >= 15 is 0 Å². The van der Waals surface area contributed by atoms with Crippen molar-refractivity contribution in [3.05, 3.63) is 77.0 Å². The first kappa shape index (κ1) is 21.0. The Balaban J connectivity index is 1.66. The van der Waals surface area contributed by atoms with Crippen molar-refractivity contribution in [1.82, 2.24) is 20.6 Å². The zero-order chi connectivity index (χ0) is 21.5. The van der Waals surface area contributed by atoms with Gasteiger partial charge in [-0.3, -0.25) is 19.7 Å². The second-order valence-corrected chi connectivity index (χ2v) is 8.52. The molecule has 0 aromatic carbocycles. The number of rotatable bonds is 7. The van der Waals surface area contributed by atoms with Gasteiger partial charge in [0.25, 0.3) is 0 Å². The number of aromatic nitrogens is 2. The Morgan fingerprint density at radius 3 is 2.35 bits per heavy atom. The van der Waals surface area contributed by atoms with Gasteiger partial charge in [-0.2, -0.15) is 0 Å². The van der Waals surface area contributed by atoms with Gasteiger partial charge < -0.3 is 10.6 Å². The van der Waals surface area contributed by atoms with Crippen LogP contribution in [0.2, 0.25) is 0 Å². The molecule has 2 N–H and O–H groups in total. The summed E-state index contributed by atoms with van der Waals surface area (Å²) in [4.78, 5) is 37.6. The summed E-state index contributed by atoms with van der Waals surface area (Å²) in [6.07, 6.45) is 10.7. The van der Waals surface area contributed by atoms with Crippen LogP contribution in [0.3, 0.4) is 0 Å². The summed E-state index contributed by atoms with van der Waals surface area (Å²) in [5, 5.41) is 8.09. The van der Waals surface area contributed by atoms with Gasteiger partial charge in [0.1, 0.15) is 6.04 Å². The molecule has 0 saturated heterocycles. The number of nitrogens with zero attached hydrogens (tertiary/aromatic N) is 3. The summed E-state index contributed by atoms with van der Waals surface area (Å²) < 4.78 is 0. The molecule has 0 aliphatic heterocycles. The minimum Gasteiger partial charge on any atom is -0.351 e. The first-order valence-corrected chi connectivity index (χ1v) is 11.3. The van der Waals surface area contributed by atoms with Crippen molar-refractivity contribution < 1.29 is 9.59 Å². The van der Waals surface area contributed by atoms with E-state index in [0.29, 0.717) is 17.8 Å². The van der Waals surface area contributed by atoms with Crippen molar-refractivity contribution in [1.29, 1.82) is 0 Å². The van der Waals surface area contributed by atoms with Crippen LogP contribution >= 0.6 is 11.3 Å². The monoisotopic (exact) mass is 435 g/mol. The van der Waals surface area contributed by atoms with Gasteiger partial charge in [-0.15, -0.1) is 11.3 Å². The Labute approximate surface area is 185 Å². The summed E-state index contributed by atoms with van der Waals surface area (Å²) in [5.74, 6) is -0.193. The van der Waals surface area contributed by atoms with E-state index < -0.39 is 6.04 Å². The highest BCUT2D eigenvalue weighted by molar-refractivity contribution is 7.09. The largest absolute Gasteiger partial charge is 0.351 e. The average Bonchev–Trinajstić information content (AvgIpc) is 3.51. The van der Waals surface area contributed by atoms with Crippen LogP contribution in [0.4, 0.5) is 10.5 Å². The molecule has 31 heavy (non-hydrogen) atoms. The normalized spacial score (nSPS) is 14.7. The predicted molar refractivity (Wildman–Crippen MR) is 121 cm³/mol. The number of amides is 3. The molecule has 3 aromatic heterocycles. The lowest BCUT2D eigenvalue weighted by molar-refractivity contribution is -0.123. The maximum atomic E-state index is 13.5. The Morgan fingerprint density at radius 1 is 1.03 bits per heavy atom. The molecule has 0 radical (unpaired) electrons. The number of pyridine rings is 2. The van der Waals surface area contributed by atoms with E-state index in [1.54, 1.807) is 60.4 Å². The Bertz CT molecular complexity index is 976. The average molecular weight is 436 g/mol. The highest BCUT2D eigenvalue weighted by Crippen LogP contribution is 2.28. The van der Waals surface area contributed by atoms with Gasteiger partial charge in [0, 0.05) is 41.4 Å². The summed E-state index contributed by atoms with van der Waals surface area (Å²) in [7, 11) is 0. The third-order valence-electron chi connectivity index (χ3n) is 5.38. The molecular formula is C23H25N5O2S. The van der Waals surface area contributed by atoms with Gasteiger partial charge in [0.2, 0.25) is 5.91 Å². The van der Waals surface area contributed by atoms with Crippen LogP contribution in [0.5, 0.6) is 0 Å². The van der Waals surface area contributed by atoms with Gasteiger partial charge in [-0.05, 0) is 54.1 Å². The first-order chi connectivity index (χ1) is 15.2. The third-order valence-corrected chi connectivity index (χ3v) is 6.26. The standard InChI is InChI=1S/C23H25N5O2S/c29-22(27-18-4-1-2-5-18)21(17-7-11-24-12-8-17)28(19-9-13-25-14-10-19)23(30)26-16-20-6-3-15-31-20/h3,6-15,18,21H,1-2,4-5,16H2,(H,26,30)(H,27,29). The lowest BCUT2D eigenvalue weighted by atomic mass is 10.0. The van der Waals surface area contributed by atoms with E-state index in [0.717, 1.165) is 30.6 Å². The fourth-order valence-corrected chi connectivity index (χ4v) is 4.51. The fourth-order valence-electron chi connectivity index (χ4n) is 3.86. The smallest absolute Gasteiger partial charge is 0.323 e. The predicted octanol–water partition coefficient (Wildman–Crippen LogP) is 4.05. The molecule has 1 atom stereocenters. The number of anilines is 1. The zero-order valence-electron chi connectivity index (χ0n) is 17.1. The first-order valence-electron chi connectivity index (χ1n) is 10.4. The molecule has 1 aliphatic rings. The third kappa shape index (κ3) is 5.27. The molecule has 1 saturated carbocycles. The Kier molecular flexibility index (Phi) is 6.89. The van der Waals surface area contributed by atoms with E-state index in [-0.39, 0.29) is 18.0 Å². The molecule has 0 spiro atoms. The minimum atomic E-state index is -0.825. The van der Waals surface area contributed by atoms with Gasteiger partial charge in [0.05, 0.1) is 6.54 Å². The second-order valence-electron chi connectivity index (χ2n) is 7.49. The summed E-state index contributed by atoms with van der Waals surface area (Å²) >= 11 is 1.57. The van der Waals surface area contributed by atoms with Crippen molar-refractivity contribution in [3.8, 4) is 0 Å². The zero-order valence-corrected chi connectivity index (χ0v) is 17.9. The quantitative estimate of drug-likeness (QED) is 0.586. The van der Waals surface area contributed by atoms with Crippen molar-refractivity contribution in [3.63, 3.8) is 0 Å². The summed E-state index contributed by atoms with van der Waals surface area (Å²) in [5.41, 5.74) is 1.30. The van der Waals surface area contributed by atoms with E-state index in [1.807, 2.05) is 17.5 Å². The van der Waals surface area contributed by atoms with Crippen LogP contribution in [0.15, 0.2) is 66.6 Å². The number of hydrogen-bond acceptors (Lipinski definition) is 5. The number of hydrogen-bond donors (Lipinski definition) is 2. The Morgan fingerprint density at radius 2 is 1.71 bits per heavy atom. The van der Waals surface area contributed by atoms with Crippen molar-refractivity contribution >= 4 is 29.0 Å². The lowest BCUT2D eigenvalue weighted by Gasteiger charge is -2.32. The van der Waals surface area contributed by atoms with Crippen LogP contribution in [0.1, 0.15) is 42.2 Å². The molecular weight excluding hydrogens is 410 g/mol. The fraction of sp³-hybridized carbons (Fsp3) is 0.304. The van der Waals surface area contributed by atoms with Gasteiger partial charge >= 0.3 is 6.03 Å². The maximum absolute atomic E-state index is 13.5. The number of thiophene rings is 1. The van der Waals surface area contributed by atoms with Gasteiger partial charge in [-0.1, -0.05) is 18.9 Å². The number of urea groups is 1. The van der Waals surface area contributed by atoms with Crippen molar-refractivity contribution in [2.45, 2.75) is 44.3 Å². The molecule has 3 aromatic rings. The molecule has 8 heteroatoms. The molecule has 1 unspecified atom stereocenters.